The Labute approximate surface area is 174 Å². The van der Waals surface area contributed by atoms with Crippen molar-refractivity contribution in [2.75, 3.05) is 0 Å². The van der Waals surface area contributed by atoms with E-state index in [0.29, 0.717) is 18.2 Å². The molecule has 2 aromatic heterocycles. The lowest BCUT2D eigenvalue weighted by atomic mass is 9.99. The van der Waals surface area contributed by atoms with E-state index in [0.717, 1.165) is 34.0 Å². The van der Waals surface area contributed by atoms with Crippen molar-refractivity contribution < 1.29 is 9.53 Å². The predicted molar refractivity (Wildman–Crippen MR) is 117 cm³/mol. The van der Waals surface area contributed by atoms with Crippen LogP contribution in [0.1, 0.15) is 41.4 Å². The van der Waals surface area contributed by atoms with Crippen LogP contribution in [0, 0.1) is 0 Å². The van der Waals surface area contributed by atoms with Gasteiger partial charge in [0, 0.05) is 17.1 Å². The van der Waals surface area contributed by atoms with E-state index in [1.54, 1.807) is 10.6 Å². The molecule has 146 valence electrons. The van der Waals surface area contributed by atoms with Gasteiger partial charge in [0.15, 0.2) is 11.4 Å². The van der Waals surface area contributed by atoms with E-state index < -0.39 is 0 Å². The number of nitrogens with zero attached hydrogens (tertiary/aromatic N) is 2. The van der Waals surface area contributed by atoms with Gasteiger partial charge in [0.25, 0.3) is 0 Å². The molecule has 4 rings (SSSR count). The van der Waals surface area contributed by atoms with Crippen molar-refractivity contribution in [2.45, 2.75) is 26.4 Å². The molecule has 29 heavy (non-hydrogen) atoms. The minimum Gasteiger partial charge on any atom is -0.488 e. The Morgan fingerprint density at radius 2 is 1.93 bits per heavy atom. The zero-order chi connectivity index (χ0) is 20.2. The molecule has 0 aliphatic heterocycles. The average molecular weight is 403 g/mol. The summed E-state index contributed by atoms with van der Waals surface area (Å²) >= 11 is 1.51. The van der Waals surface area contributed by atoms with Crippen LogP contribution in [-0.4, -0.2) is 15.8 Å². The van der Waals surface area contributed by atoms with Gasteiger partial charge in [-0.25, -0.2) is 4.98 Å². The Morgan fingerprint density at radius 3 is 2.69 bits per heavy atom. The van der Waals surface area contributed by atoms with Crippen LogP contribution < -0.4 is 4.74 Å². The van der Waals surface area contributed by atoms with Crippen LogP contribution in [0.25, 0.3) is 16.4 Å². The molecule has 5 heteroatoms. The molecule has 0 fully saturated rings. The van der Waals surface area contributed by atoms with Crippen molar-refractivity contribution >= 4 is 17.6 Å². The van der Waals surface area contributed by atoms with Crippen molar-refractivity contribution in [3.63, 3.8) is 0 Å². The highest BCUT2D eigenvalue weighted by Gasteiger charge is 2.15. The second kappa shape index (κ2) is 8.45. The molecule has 0 atom stereocenters. The fourth-order valence-electron chi connectivity index (χ4n) is 3.13. The minimum absolute atomic E-state index is 0.404. The third kappa shape index (κ3) is 4.15. The molecule has 2 heterocycles. The highest BCUT2D eigenvalue weighted by Crippen LogP contribution is 2.35. The fraction of sp³-hybridized carbons (Fsp3) is 0.167. The molecule has 0 saturated heterocycles. The molecule has 0 N–H and O–H groups in total. The van der Waals surface area contributed by atoms with Crippen LogP contribution >= 0.6 is 11.3 Å². The van der Waals surface area contributed by atoms with Gasteiger partial charge in [-0.1, -0.05) is 50.2 Å². The summed E-state index contributed by atoms with van der Waals surface area (Å²) < 4.78 is 7.96. The molecule has 4 aromatic rings. The molecule has 0 unspecified atom stereocenters. The molecule has 2 aromatic carbocycles. The van der Waals surface area contributed by atoms with E-state index in [2.05, 4.69) is 38.1 Å². The largest absolute Gasteiger partial charge is 0.488 e. The van der Waals surface area contributed by atoms with Gasteiger partial charge >= 0.3 is 0 Å². The fourth-order valence-corrected chi connectivity index (χ4v) is 3.96. The average Bonchev–Trinajstić information content (AvgIpc) is 3.41. The van der Waals surface area contributed by atoms with Gasteiger partial charge in [-0.05, 0) is 41.3 Å². The monoisotopic (exact) mass is 402 g/mol. The summed E-state index contributed by atoms with van der Waals surface area (Å²) in [5.74, 6) is 1.21. The quantitative estimate of drug-likeness (QED) is 0.350. The van der Waals surface area contributed by atoms with Crippen LogP contribution in [-0.2, 0) is 6.61 Å². The maximum Gasteiger partial charge on any atom is 0.194 e. The SMILES string of the molecule is CC(C)c1ccc(OCc2ccccc2)c(-c2csc(-n3cccc3C=O)n2)c1. The Hall–Kier alpha value is -3.18. The number of carbonyl (C=O) groups excluding carboxylic acids is 1. The number of aromatic nitrogens is 2. The summed E-state index contributed by atoms with van der Waals surface area (Å²) in [6.45, 7) is 4.84. The number of aldehydes is 1. The molecular weight excluding hydrogens is 380 g/mol. The second-order valence-corrected chi connectivity index (χ2v) is 7.96. The number of hydrogen-bond acceptors (Lipinski definition) is 4. The van der Waals surface area contributed by atoms with E-state index in [-0.39, 0.29) is 0 Å². The molecule has 0 radical (unpaired) electrons. The topological polar surface area (TPSA) is 44.1 Å². The van der Waals surface area contributed by atoms with E-state index in [1.165, 1.54) is 16.9 Å². The molecule has 0 amide bonds. The summed E-state index contributed by atoms with van der Waals surface area (Å²) in [4.78, 5) is 16.1. The molecule has 0 aliphatic carbocycles. The van der Waals surface area contributed by atoms with Crippen molar-refractivity contribution in [3.8, 4) is 22.1 Å². The van der Waals surface area contributed by atoms with Crippen LogP contribution in [0.4, 0.5) is 0 Å². The Bertz CT molecular complexity index is 1110. The predicted octanol–water partition coefficient (Wildman–Crippen LogP) is 6.12. The van der Waals surface area contributed by atoms with E-state index in [9.17, 15) is 4.79 Å². The first-order valence-corrected chi connectivity index (χ1v) is 10.4. The van der Waals surface area contributed by atoms with E-state index >= 15 is 0 Å². The Morgan fingerprint density at radius 1 is 1.10 bits per heavy atom. The third-order valence-electron chi connectivity index (χ3n) is 4.78. The minimum atomic E-state index is 0.404. The number of thiazole rings is 1. The van der Waals surface area contributed by atoms with Gasteiger partial charge in [0.2, 0.25) is 0 Å². The number of carbonyl (C=O) groups is 1. The summed E-state index contributed by atoms with van der Waals surface area (Å²) in [5.41, 5.74) is 4.75. The van der Waals surface area contributed by atoms with Crippen molar-refractivity contribution in [2.24, 2.45) is 0 Å². The summed E-state index contributed by atoms with van der Waals surface area (Å²) in [6, 6.07) is 20.0. The van der Waals surface area contributed by atoms with Gasteiger partial charge in [0.05, 0.1) is 11.4 Å². The zero-order valence-electron chi connectivity index (χ0n) is 16.4. The summed E-state index contributed by atoms with van der Waals surface area (Å²) in [5, 5.41) is 2.77. The normalized spacial score (nSPS) is 11.0. The van der Waals surface area contributed by atoms with Gasteiger partial charge in [-0.15, -0.1) is 11.3 Å². The van der Waals surface area contributed by atoms with Crippen molar-refractivity contribution in [1.82, 2.24) is 9.55 Å². The molecule has 0 saturated carbocycles. The van der Waals surface area contributed by atoms with Gasteiger partial charge in [-0.3, -0.25) is 9.36 Å². The van der Waals surface area contributed by atoms with Crippen LogP contribution in [0.5, 0.6) is 5.75 Å². The van der Waals surface area contributed by atoms with E-state index in [4.69, 9.17) is 9.72 Å². The highest BCUT2D eigenvalue weighted by molar-refractivity contribution is 7.12. The molecule has 4 nitrogen and oxygen atoms in total. The van der Waals surface area contributed by atoms with Crippen LogP contribution in [0.3, 0.4) is 0 Å². The smallest absolute Gasteiger partial charge is 0.194 e. The summed E-state index contributed by atoms with van der Waals surface area (Å²) in [6.07, 6.45) is 2.69. The van der Waals surface area contributed by atoms with Crippen molar-refractivity contribution in [1.29, 1.82) is 0 Å². The number of rotatable bonds is 7. The molecule has 0 aliphatic rings. The Balaban J connectivity index is 1.69. The highest BCUT2D eigenvalue weighted by atomic mass is 32.1. The summed E-state index contributed by atoms with van der Waals surface area (Å²) in [7, 11) is 0. The molecule has 0 bridgehead atoms. The van der Waals surface area contributed by atoms with E-state index in [1.807, 2.05) is 41.9 Å². The lowest BCUT2D eigenvalue weighted by molar-refractivity contribution is 0.111. The Kier molecular flexibility index (Phi) is 5.58. The van der Waals surface area contributed by atoms with Crippen LogP contribution in [0.2, 0.25) is 0 Å². The molecular formula is C24H22N2O2S. The van der Waals surface area contributed by atoms with Gasteiger partial charge in [0.1, 0.15) is 12.4 Å². The second-order valence-electron chi connectivity index (χ2n) is 7.12. The number of benzene rings is 2. The number of ether oxygens (including phenoxy) is 1. The zero-order valence-corrected chi connectivity index (χ0v) is 17.2. The maximum atomic E-state index is 11.3. The van der Waals surface area contributed by atoms with Gasteiger partial charge < -0.3 is 4.74 Å². The number of hydrogen-bond donors (Lipinski definition) is 0. The first-order valence-electron chi connectivity index (χ1n) is 9.55. The van der Waals surface area contributed by atoms with Crippen molar-refractivity contribution in [3.05, 3.63) is 89.1 Å². The first-order chi connectivity index (χ1) is 14.2. The lowest BCUT2D eigenvalue weighted by Crippen LogP contribution is -1.99. The standard InChI is InChI=1S/C24H22N2O2S/c1-17(2)19-10-11-23(28-15-18-7-4-3-5-8-18)21(13-19)22-16-29-24(25-22)26-12-6-9-20(26)14-27/h3-14,16-17H,15H2,1-2H3. The maximum absolute atomic E-state index is 11.3. The van der Waals surface area contributed by atoms with Crippen LogP contribution in [0.15, 0.2) is 72.2 Å². The first kappa shape index (κ1) is 19.2. The third-order valence-corrected chi connectivity index (χ3v) is 5.62. The lowest BCUT2D eigenvalue weighted by Gasteiger charge is -2.14. The molecule has 0 spiro atoms. The van der Waals surface area contributed by atoms with Gasteiger partial charge in [-0.2, -0.15) is 0 Å².